The lowest BCUT2D eigenvalue weighted by Gasteiger charge is -2.43. The van der Waals surface area contributed by atoms with Crippen molar-refractivity contribution in [1.82, 2.24) is 5.32 Å². The fourth-order valence-corrected chi connectivity index (χ4v) is 3.25. The molecule has 1 N–H and O–H groups in total. The molecule has 1 aliphatic rings. The van der Waals surface area contributed by atoms with Crippen molar-refractivity contribution in [3.8, 4) is 5.75 Å². The molecule has 1 aromatic carbocycles. The highest BCUT2D eigenvalue weighted by atomic mass is 16.5. The Labute approximate surface area is 117 Å². The summed E-state index contributed by atoms with van der Waals surface area (Å²) >= 11 is 0. The lowest BCUT2D eigenvalue weighted by atomic mass is 9.72. The van der Waals surface area contributed by atoms with Gasteiger partial charge in [-0.25, -0.2) is 0 Å². The summed E-state index contributed by atoms with van der Waals surface area (Å²) in [5.74, 6) is 1.01. The summed E-state index contributed by atoms with van der Waals surface area (Å²) in [5.41, 5.74) is 2.92. The van der Waals surface area contributed by atoms with Crippen molar-refractivity contribution < 1.29 is 4.74 Å². The van der Waals surface area contributed by atoms with Gasteiger partial charge in [-0.2, -0.15) is 0 Å². The number of ether oxygens (including phenoxy) is 1. The Morgan fingerprint density at radius 1 is 1.21 bits per heavy atom. The van der Waals surface area contributed by atoms with Crippen LogP contribution < -0.4 is 10.1 Å². The molecule has 0 aliphatic heterocycles. The predicted molar refractivity (Wildman–Crippen MR) is 80.8 cm³/mol. The number of aryl methyl sites for hydroxylation is 2. The van der Waals surface area contributed by atoms with E-state index in [4.69, 9.17) is 4.74 Å². The first kappa shape index (κ1) is 14.4. The zero-order valence-electron chi connectivity index (χ0n) is 12.9. The molecule has 0 spiro atoms. The molecule has 1 aliphatic carbocycles. The Bertz CT molecular complexity index is 439. The van der Waals surface area contributed by atoms with E-state index in [0.717, 1.165) is 12.2 Å². The van der Waals surface area contributed by atoms with Gasteiger partial charge in [0, 0.05) is 6.04 Å². The van der Waals surface area contributed by atoms with Gasteiger partial charge in [0.15, 0.2) is 0 Å². The molecule has 1 saturated carbocycles. The zero-order valence-corrected chi connectivity index (χ0v) is 12.9. The minimum Gasteiger partial charge on any atom is -0.489 e. The molecule has 0 amide bonds. The van der Waals surface area contributed by atoms with Crippen molar-refractivity contribution in [1.29, 1.82) is 0 Å². The van der Waals surface area contributed by atoms with Crippen molar-refractivity contribution in [2.24, 2.45) is 5.41 Å². The molecule has 2 unspecified atom stereocenters. The van der Waals surface area contributed by atoms with Gasteiger partial charge in [-0.3, -0.25) is 0 Å². The Kier molecular flexibility index (Phi) is 4.19. The molecule has 2 nitrogen and oxygen atoms in total. The van der Waals surface area contributed by atoms with Crippen molar-refractivity contribution in [2.45, 2.75) is 59.1 Å². The molecule has 0 bridgehead atoms. The summed E-state index contributed by atoms with van der Waals surface area (Å²) in [6.45, 7) is 8.95. The van der Waals surface area contributed by atoms with Gasteiger partial charge in [0.1, 0.15) is 11.9 Å². The predicted octanol–water partition coefficient (Wildman–Crippen LogP) is 3.85. The second-order valence-electron chi connectivity index (χ2n) is 6.55. The first-order chi connectivity index (χ1) is 8.94. The normalized spacial score (nSPS) is 26.2. The van der Waals surface area contributed by atoms with Crippen LogP contribution in [-0.2, 0) is 0 Å². The molecule has 1 fully saturated rings. The van der Waals surface area contributed by atoms with E-state index in [0.29, 0.717) is 11.5 Å². The molecular weight excluding hydrogens is 234 g/mol. The highest BCUT2D eigenvalue weighted by molar-refractivity contribution is 5.34. The van der Waals surface area contributed by atoms with E-state index in [9.17, 15) is 0 Å². The average Bonchev–Trinajstić information content (AvgIpc) is 2.33. The SMILES string of the molecule is CNC1C(Oc2ccc(C)c(C)c2)CCCC1(C)C. The second-order valence-corrected chi connectivity index (χ2v) is 6.55. The summed E-state index contributed by atoms with van der Waals surface area (Å²) in [6.07, 6.45) is 3.93. The summed E-state index contributed by atoms with van der Waals surface area (Å²) in [6, 6.07) is 6.82. The quantitative estimate of drug-likeness (QED) is 0.892. The van der Waals surface area contributed by atoms with Crippen LogP contribution in [0.15, 0.2) is 18.2 Å². The van der Waals surface area contributed by atoms with Crippen LogP contribution in [0.5, 0.6) is 5.75 Å². The Morgan fingerprint density at radius 2 is 1.95 bits per heavy atom. The molecule has 2 heteroatoms. The van der Waals surface area contributed by atoms with Crippen molar-refractivity contribution in [3.63, 3.8) is 0 Å². The van der Waals surface area contributed by atoms with E-state index in [1.54, 1.807) is 0 Å². The van der Waals surface area contributed by atoms with Crippen molar-refractivity contribution >= 4 is 0 Å². The number of hydrogen-bond acceptors (Lipinski definition) is 2. The molecule has 2 atom stereocenters. The maximum Gasteiger partial charge on any atom is 0.120 e. The fourth-order valence-electron chi connectivity index (χ4n) is 3.25. The van der Waals surface area contributed by atoms with Crippen molar-refractivity contribution in [2.75, 3.05) is 7.05 Å². The van der Waals surface area contributed by atoms with E-state index in [-0.39, 0.29) is 6.10 Å². The van der Waals surface area contributed by atoms with Crippen LogP contribution in [0.3, 0.4) is 0 Å². The van der Waals surface area contributed by atoms with Crippen LogP contribution in [0, 0.1) is 19.3 Å². The Balaban J connectivity index is 2.14. The van der Waals surface area contributed by atoms with Crippen LogP contribution in [-0.4, -0.2) is 19.2 Å². The number of nitrogens with one attached hydrogen (secondary N) is 1. The third-order valence-electron chi connectivity index (χ3n) is 4.60. The largest absolute Gasteiger partial charge is 0.489 e. The lowest BCUT2D eigenvalue weighted by molar-refractivity contribution is 0.0403. The second kappa shape index (κ2) is 5.54. The topological polar surface area (TPSA) is 21.3 Å². The van der Waals surface area contributed by atoms with Gasteiger partial charge in [0.2, 0.25) is 0 Å². The Morgan fingerprint density at radius 3 is 2.58 bits per heavy atom. The maximum atomic E-state index is 6.27. The van der Waals surface area contributed by atoms with Crippen LogP contribution in [0.2, 0.25) is 0 Å². The summed E-state index contributed by atoms with van der Waals surface area (Å²) in [7, 11) is 2.05. The first-order valence-corrected chi connectivity index (χ1v) is 7.35. The molecular formula is C17H27NO. The molecule has 19 heavy (non-hydrogen) atoms. The van der Waals surface area contributed by atoms with Gasteiger partial charge in [-0.1, -0.05) is 19.9 Å². The molecule has 2 rings (SSSR count). The number of rotatable bonds is 3. The van der Waals surface area contributed by atoms with Crippen LogP contribution in [0.25, 0.3) is 0 Å². The van der Waals surface area contributed by atoms with Crippen LogP contribution in [0.1, 0.15) is 44.2 Å². The number of hydrogen-bond donors (Lipinski definition) is 1. The summed E-state index contributed by atoms with van der Waals surface area (Å²) < 4.78 is 6.27. The minimum absolute atomic E-state index is 0.274. The molecule has 0 heterocycles. The maximum absolute atomic E-state index is 6.27. The lowest BCUT2D eigenvalue weighted by Crippen LogP contribution is -2.53. The average molecular weight is 261 g/mol. The number of likely N-dealkylation sites (N-methyl/N-ethyl adjacent to an activating group) is 1. The highest BCUT2D eigenvalue weighted by Crippen LogP contribution is 2.37. The number of benzene rings is 1. The van der Waals surface area contributed by atoms with Gasteiger partial charge in [0.25, 0.3) is 0 Å². The van der Waals surface area contributed by atoms with E-state index in [1.165, 1.54) is 24.0 Å². The first-order valence-electron chi connectivity index (χ1n) is 7.35. The monoisotopic (exact) mass is 261 g/mol. The van der Waals surface area contributed by atoms with Crippen LogP contribution >= 0.6 is 0 Å². The fraction of sp³-hybridized carbons (Fsp3) is 0.647. The third kappa shape index (κ3) is 3.11. The zero-order chi connectivity index (χ0) is 14.0. The molecule has 1 aromatic rings. The van der Waals surface area contributed by atoms with E-state index >= 15 is 0 Å². The van der Waals surface area contributed by atoms with Gasteiger partial charge in [0.05, 0.1) is 0 Å². The Hall–Kier alpha value is -1.02. The van der Waals surface area contributed by atoms with E-state index in [1.807, 2.05) is 0 Å². The smallest absolute Gasteiger partial charge is 0.120 e. The molecule has 0 aromatic heterocycles. The van der Waals surface area contributed by atoms with Gasteiger partial charge >= 0.3 is 0 Å². The van der Waals surface area contributed by atoms with E-state index in [2.05, 4.69) is 58.3 Å². The highest BCUT2D eigenvalue weighted by Gasteiger charge is 2.39. The molecule has 106 valence electrons. The van der Waals surface area contributed by atoms with Gasteiger partial charge < -0.3 is 10.1 Å². The summed E-state index contributed by atoms with van der Waals surface area (Å²) in [5, 5.41) is 3.47. The third-order valence-corrected chi connectivity index (χ3v) is 4.60. The summed E-state index contributed by atoms with van der Waals surface area (Å²) in [4.78, 5) is 0. The van der Waals surface area contributed by atoms with Gasteiger partial charge in [-0.05, 0) is 68.8 Å². The standard InChI is InChI=1S/C17H27NO/c1-12-8-9-14(11-13(12)2)19-15-7-6-10-17(3,4)16(15)18-5/h8-9,11,15-16,18H,6-7,10H2,1-5H3. The minimum atomic E-state index is 0.274. The molecule has 0 radical (unpaired) electrons. The molecule has 0 saturated heterocycles. The van der Waals surface area contributed by atoms with Crippen LogP contribution in [0.4, 0.5) is 0 Å². The van der Waals surface area contributed by atoms with Crippen molar-refractivity contribution in [3.05, 3.63) is 29.3 Å². The van der Waals surface area contributed by atoms with Gasteiger partial charge in [-0.15, -0.1) is 0 Å². The van der Waals surface area contributed by atoms with E-state index < -0.39 is 0 Å².